The smallest absolute Gasteiger partial charge is 0.243 e. The zero-order valence-corrected chi connectivity index (χ0v) is 8.98. The van der Waals surface area contributed by atoms with Gasteiger partial charge >= 0.3 is 0 Å². The maximum Gasteiger partial charge on any atom is 0.243 e. The lowest BCUT2D eigenvalue weighted by Gasteiger charge is -2.41. The van der Waals surface area contributed by atoms with Crippen LogP contribution < -0.4 is 11.1 Å². The van der Waals surface area contributed by atoms with E-state index in [1.807, 2.05) is 27.7 Å². The molecule has 0 unspecified atom stereocenters. The van der Waals surface area contributed by atoms with Gasteiger partial charge in [-0.05, 0) is 31.9 Å². The molecular formula is C10H20N2O. The van der Waals surface area contributed by atoms with Gasteiger partial charge in [0.15, 0.2) is 0 Å². The minimum absolute atomic E-state index is 0.133. The summed E-state index contributed by atoms with van der Waals surface area (Å²) in [7, 11) is 0. The Hall–Kier alpha value is -0.830. The number of hydrogen-bond donors (Lipinski definition) is 2. The highest BCUT2D eigenvalue weighted by Gasteiger charge is 2.36. The molecule has 0 fully saturated rings. The number of nitrogens with two attached hydrogens (primary N) is 1. The second-order valence-electron chi connectivity index (χ2n) is 4.41. The van der Waals surface area contributed by atoms with Crippen LogP contribution in [0.3, 0.4) is 0 Å². The largest absolute Gasteiger partial charge is 0.347 e. The molecule has 0 saturated carbocycles. The highest BCUT2D eigenvalue weighted by atomic mass is 16.1. The molecule has 0 atom stereocenters. The molecule has 0 rings (SSSR count). The molecule has 13 heavy (non-hydrogen) atoms. The zero-order valence-electron chi connectivity index (χ0n) is 8.98. The molecule has 3 N–H and O–H groups in total. The molecule has 1 amide bonds. The Labute approximate surface area is 80.4 Å². The number of amides is 1. The first-order chi connectivity index (χ1) is 5.77. The number of rotatable bonds is 4. The van der Waals surface area contributed by atoms with E-state index in [2.05, 4.69) is 11.9 Å². The minimum Gasteiger partial charge on any atom is -0.347 e. The van der Waals surface area contributed by atoms with Crippen molar-refractivity contribution >= 4 is 5.91 Å². The van der Waals surface area contributed by atoms with E-state index in [1.165, 1.54) is 6.08 Å². The summed E-state index contributed by atoms with van der Waals surface area (Å²) in [6, 6.07) is 0. The van der Waals surface area contributed by atoms with Crippen molar-refractivity contribution in [2.24, 2.45) is 11.1 Å². The van der Waals surface area contributed by atoms with Crippen LogP contribution in [0, 0.1) is 5.41 Å². The first-order valence-electron chi connectivity index (χ1n) is 4.41. The maximum atomic E-state index is 11.1. The fourth-order valence-electron chi connectivity index (χ4n) is 0.783. The topological polar surface area (TPSA) is 55.1 Å². The third-order valence-corrected chi connectivity index (χ3v) is 2.82. The molecule has 0 aliphatic rings. The lowest BCUT2D eigenvalue weighted by molar-refractivity contribution is -0.119. The molecule has 0 spiro atoms. The summed E-state index contributed by atoms with van der Waals surface area (Å²) in [5.41, 5.74) is 5.17. The van der Waals surface area contributed by atoms with E-state index in [0.717, 1.165) is 0 Å². The average molecular weight is 184 g/mol. The number of carbonyl (C=O) groups is 1. The van der Waals surface area contributed by atoms with E-state index in [-0.39, 0.29) is 16.9 Å². The van der Waals surface area contributed by atoms with Crippen LogP contribution in [0.4, 0.5) is 0 Å². The summed E-state index contributed by atoms with van der Waals surface area (Å²) in [6.07, 6.45) is 1.27. The molecule has 0 saturated heterocycles. The molecule has 0 aromatic rings. The minimum atomic E-state index is -0.326. The van der Waals surface area contributed by atoms with Crippen molar-refractivity contribution in [3.63, 3.8) is 0 Å². The van der Waals surface area contributed by atoms with Crippen LogP contribution in [-0.4, -0.2) is 18.0 Å². The fraction of sp³-hybridized carbons (Fsp3) is 0.700. The molecule has 0 radical (unpaired) electrons. The van der Waals surface area contributed by atoms with Gasteiger partial charge in [0.1, 0.15) is 0 Å². The predicted octanol–water partition coefficient (Wildman–Crippen LogP) is 1.05. The van der Waals surface area contributed by atoms with E-state index >= 15 is 0 Å². The van der Waals surface area contributed by atoms with Gasteiger partial charge in [-0.25, -0.2) is 0 Å². The fourth-order valence-corrected chi connectivity index (χ4v) is 0.783. The summed E-state index contributed by atoms with van der Waals surface area (Å²) in [5, 5.41) is 2.86. The summed E-state index contributed by atoms with van der Waals surface area (Å²) >= 11 is 0. The van der Waals surface area contributed by atoms with Crippen molar-refractivity contribution < 1.29 is 4.79 Å². The van der Waals surface area contributed by atoms with E-state index < -0.39 is 0 Å². The van der Waals surface area contributed by atoms with E-state index in [1.54, 1.807) is 0 Å². The quantitative estimate of drug-likeness (QED) is 0.642. The Kier molecular flexibility index (Phi) is 3.67. The van der Waals surface area contributed by atoms with Gasteiger partial charge in [-0.3, -0.25) is 4.79 Å². The monoisotopic (exact) mass is 184 g/mol. The first-order valence-corrected chi connectivity index (χ1v) is 4.41. The Bertz CT molecular complexity index is 207. The third kappa shape index (κ3) is 2.84. The molecule has 0 aromatic heterocycles. The highest BCUT2D eigenvalue weighted by Crippen LogP contribution is 2.28. The summed E-state index contributed by atoms with van der Waals surface area (Å²) < 4.78 is 0. The second-order valence-corrected chi connectivity index (χ2v) is 4.41. The lowest BCUT2D eigenvalue weighted by Crippen LogP contribution is -2.56. The summed E-state index contributed by atoms with van der Waals surface area (Å²) in [4.78, 5) is 11.1. The molecule has 0 aliphatic carbocycles. The summed E-state index contributed by atoms with van der Waals surface area (Å²) in [5.74, 6) is -0.161. The SMILES string of the molecule is C=CC(=O)NC(C)(C)C(C)(C)CN. The van der Waals surface area contributed by atoms with Crippen LogP contribution in [0.15, 0.2) is 12.7 Å². The van der Waals surface area contributed by atoms with Gasteiger partial charge in [0.25, 0.3) is 0 Å². The molecule has 0 aliphatic heterocycles. The van der Waals surface area contributed by atoms with Crippen LogP contribution in [-0.2, 0) is 4.79 Å². The van der Waals surface area contributed by atoms with Crippen LogP contribution in [0.1, 0.15) is 27.7 Å². The molecule has 0 heterocycles. The van der Waals surface area contributed by atoms with Gasteiger partial charge < -0.3 is 11.1 Å². The summed E-state index contributed by atoms with van der Waals surface area (Å²) in [6.45, 7) is 11.9. The van der Waals surface area contributed by atoms with Crippen molar-refractivity contribution in [1.82, 2.24) is 5.32 Å². The Morgan fingerprint density at radius 3 is 2.23 bits per heavy atom. The average Bonchev–Trinajstić information content (AvgIpc) is 2.03. The standard InChI is InChI=1S/C10H20N2O/c1-6-8(13)12-10(4,5)9(2,3)7-11/h6H,1,7,11H2,2-5H3,(H,12,13). The number of nitrogens with one attached hydrogen (secondary N) is 1. The second kappa shape index (κ2) is 3.92. The maximum absolute atomic E-state index is 11.1. The van der Waals surface area contributed by atoms with Gasteiger partial charge in [-0.15, -0.1) is 0 Å². The van der Waals surface area contributed by atoms with Crippen molar-refractivity contribution in [2.75, 3.05) is 6.54 Å². The van der Waals surface area contributed by atoms with Gasteiger partial charge in [0.2, 0.25) is 5.91 Å². The van der Waals surface area contributed by atoms with Crippen molar-refractivity contribution in [3.05, 3.63) is 12.7 Å². The molecular weight excluding hydrogens is 164 g/mol. The number of hydrogen-bond acceptors (Lipinski definition) is 2. The molecule has 76 valence electrons. The molecule has 0 aromatic carbocycles. The molecule has 3 heteroatoms. The number of carbonyl (C=O) groups excluding carboxylic acids is 1. The van der Waals surface area contributed by atoms with Gasteiger partial charge in [0, 0.05) is 5.54 Å². The zero-order chi connectivity index (χ0) is 10.7. The van der Waals surface area contributed by atoms with Crippen LogP contribution in [0.5, 0.6) is 0 Å². The van der Waals surface area contributed by atoms with Gasteiger partial charge in [-0.2, -0.15) is 0 Å². The van der Waals surface area contributed by atoms with Crippen LogP contribution in [0.25, 0.3) is 0 Å². The van der Waals surface area contributed by atoms with E-state index in [0.29, 0.717) is 6.54 Å². The van der Waals surface area contributed by atoms with Crippen molar-refractivity contribution in [2.45, 2.75) is 33.2 Å². The van der Waals surface area contributed by atoms with Crippen molar-refractivity contribution in [1.29, 1.82) is 0 Å². The van der Waals surface area contributed by atoms with Crippen LogP contribution >= 0.6 is 0 Å². The first kappa shape index (κ1) is 12.2. The third-order valence-electron chi connectivity index (χ3n) is 2.82. The predicted molar refractivity (Wildman–Crippen MR) is 55.3 cm³/mol. The molecule has 3 nitrogen and oxygen atoms in total. The van der Waals surface area contributed by atoms with Crippen LogP contribution in [0.2, 0.25) is 0 Å². The Morgan fingerprint density at radius 2 is 1.92 bits per heavy atom. The molecule has 0 bridgehead atoms. The highest BCUT2D eigenvalue weighted by molar-refractivity contribution is 5.87. The Balaban J connectivity index is 4.56. The van der Waals surface area contributed by atoms with E-state index in [9.17, 15) is 4.79 Å². The van der Waals surface area contributed by atoms with Gasteiger partial charge in [0.05, 0.1) is 0 Å². The lowest BCUT2D eigenvalue weighted by atomic mass is 9.74. The van der Waals surface area contributed by atoms with Gasteiger partial charge in [-0.1, -0.05) is 20.4 Å². The van der Waals surface area contributed by atoms with Crippen molar-refractivity contribution in [3.8, 4) is 0 Å². The Morgan fingerprint density at radius 1 is 1.46 bits per heavy atom. The van der Waals surface area contributed by atoms with E-state index in [4.69, 9.17) is 5.73 Å². The normalized spacial score (nSPS) is 12.4.